The zero-order valence-corrected chi connectivity index (χ0v) is 15.1. The van der Waals surface area contributed by atoms with E-state index in [0.717, 1.165) is 11.0 Å². The summed E-state index contributed by atoms with van der Waals surface area (Å²) in [6.45, 7) is 0. The van der Waals surface area contributed by atoms with Crippen LogP contribution in [-0.2, 0) is 6.18 Å². The summed E-state index contributed by atoms with van der Waals surface area (Å²) in [6.07, 6.45) is -5.46. The lowest BCUT2D eigenvalue weighted by Crippen LogP contribution is -2.52. The van der Waals surface area contributed by atoms with Gasteiger partial charge in [0.25, 0.3) is 0 Å². The van der Waals surface area contributed by atoms with Gasteiger partial charge in [0.15, 0.2) is 0 Å². The maximum Gasteiger partial charge on any atom is 0.433 e. The molecule has 1 aliphatic carbocycles. The molecule has 0 amide bonds. The number of alkyl halides is 3. The minimum absolute atomic E-state index is 0.123. The summed E-state index contributed by atoms with van der Waals surface area (Å²) in [5, 5.41) is 23.6. The molecule has 2 aromatic rings. The van der Waals surface area contributed by atoms with E-state index < -0.39 is 24.3 Å². The molecule has 1 saturated carbocycles. The Morgan fingerprint density at radius 2 is 1.86 bits per heavy atom. The van der Waals surface area contributed by atoms with Crippen molar-refractivity contribution in [3.8, 4) is 0 Å². The lowest BCUT2D eigenvalue weighted by Gasteiger charge is -2.38. The lowest BCUT2D eigenvalue weighted by atomic mass is 9.89. The van der Waals surface area contributed by atoms with Crippen molar-refractivity contribution in [2.75, 3.05) is 4.90 Å². The minimum atomic E-state index is -4.65. The molecule has 1 aromatic carbocycles. The molecule has 1 aromatic heterocycles. The SMILES string of the molecule is OC1N=C(N[C@@H]2CC[C@H]2O)c2ccc(C(F)(F)F)nc2N1c1ccccc1Cl. The Hall–Kier alpha value is -2.36. The van der Waals surface area contributed by atoms with Gasteiger partial charge in [0, 0.05) is 0 Å². The molecule has 1 aliphatic heterocycles. The number of amidine groups is 1. The van der Waals surface area contributed by atoms with Crippen LogP contribution in [0.4, 0.5) is 24.7 Å². The van der Waals surface area contributed by atoms with E-state index >= 15 is 0 Å². The first-order chi connectivity index (χ1) is 13.3. The van der Waals surface area contributed by atoms with E-state index in [9.17, 15) is 23.4 Å². The quantitative estimate of drug-likeness (QED) is 0.706. The summed E-state index contributed by atoms with van der Waals surface area (Å²) >= 11 is 6.19. The summed E-state index contributed by atoms with van der Waals surface area (Å²) in [7, 11) is 0. The molecule has 28 heavy (non-hydrogen) atoms. The van der Waals surface area contributed by atoms with Crippen molar-refractivity contribution in [3.63, 3.8) is 0 Å². The molecule has 3 N–H and O–H groups in total. The molecule has 4 rings (SSSR count). The Kier molecular flexibility index (Phi) is 4.68. The number of hydrogen-bond acceptors (Lipinski definition) is 6. The molecule has 1 unspecified atom stereocenters. The van der Waals surface area contributed by atoms with Crippen molar-refractivity contribution < 1.29 is 23.4 Å². The molecule has 2 aliphatic rings. The maximum absolute atomic E-state index is 13.2. The predicted octanol–water partition coefficient (Wildman–Crippen LogP) is 3.04. The molecule has 2 heterocycles. The normalized spacial score (nSPS) is 24.3. The fourth-order valence-corrected chi connectivity index (χ4v) is 3.38. The number of anilines is 2. The summed E-state index contributed by atoms with van der Waals surface area (Å²) in [5.74, 6) is 0.0533. The molecule has 6 nitrogen and oxygen atoms in total. The van der Waals surface area contributed by atoms with E-state index in [4.69, 9.17) is 11.6 Å². The number of nitrogens with one attached hydrogen (secondary N) is 1. The van der Waals surface area contributed by atoms with Crippen LogP contribution in [0.3, 0.4) is 0 Å². The number of hydrogen-bond donors (Lipinski definition) is 3. The van der Waals surface area contributed by atoms with Crippen molar-refractivity contribution in [3.05, 3.63) is 52.7 Å². The van der Waals surface area contributed by atoms with E-state index in [1.54, 1.807) is 24.3 Å². The number of aliphatic hydroxyl groups excluding tert-OH is 2. The van der Waals surface area contributed by atoms with E-state index in [2.05, 4.69) is 15.3 Å². The fraction of sp³-hybridized carbons (Fsp3) is 0.333. The highest BCUT2D eigenvalue weighted by molar-refractivity contribution is 6.33. The smallest absolute Gasteiger partial charge is 0.391 e. The molecule has 10 heteroatoms. The topological polar surface area (TPSA) is 81.0 Å². The number of rotatable bonds is 2. The molecule has 1 fully saturated rings. The number of benzene rings is 1. The monoisotopic (exact) mass is 412 g/mol. The Balaban J connectivity index is 1.83. The molecule has 0 radical (unpaired) electrons. The molecule has 0 bridgehead atoms. The van der Waals surface area contributed by atoms with Gasteiger partial charge in [0.2, 0.25) is 6.35 Å². The summed E-state index contributed by atoms with van der Waals surface area (Å²) in [5.41, 5.74) is -0.547. The van der Waals surface area contributed by atoms with Gasteiger partial charge in [-0.3, -0.25) is 4.90 Å². The van der Waals surface area contributed by atoms with Gasteiger partial charge in [-0.1, -0.05) is 23.7 Å². The Labute approximate surface area is 163 Å². The first-order valence-corrected chi connectivity index (χ1v) is 8.96. The van der Waals surface area contributed by atoms with Crippen LogP contribution in [-0.4, -0.2) is 39.5 Å². The van der Waals surface area contributed by atoms with Crippen molar-refractivity contribution >= 4 is 28.9 Å². The second-order valence-electron chi connectivity index (χ2n) is 6.61. The number of aromatic nitrogens is 1. The van der Waals surface area contributed by atoms with E-state index in [1.165, 1.54) is 6.07 Å². The van der Waals surface area contributed by atoms with Gasteiger partial charge < -0.3 is 15.5 Å². The van der Waals surface area contributed by atoms with Gasteiger partial charge in [-0.2, -0.15) is 13.2 Å². The summed E-state index contributed by atoms with van der Waals surface area (Å²) in [6, 6.07) is 8.24. The standard InChI is InChI=1S/C18H16ClF3N4O2/c19-10-3-1-2-4-12(10)26-16-9(5-8-14(24-16)18(20,21)22)15(25-17(26)28)23-11-6-7-13(11)27/h1-5,8,11,13,17,27-28H,6-7H2,(H,23,25)/t11-,13-,17?/m1/s1. The summed E-state index contributed by atoms with van der Waals surface area (Å²) in [4.78, 5) is 9.07. The number of aliphatic hydroxyl groups is 2. The average molecular weight is 413 g/mol. The highest BCUT2D eigenvalue weighted by Crippen LogP contribution is 2.39. The number of aliphatic imine (C=N–C) groups is 1. The minimum Gasteiger partial charge on any atom is -0.391 e. The van der Waals surface area contributed by atoms with Gasteiger partial charge in [-0.15, -0.1) is 0 Å². The Morgan fingerprint density at radius 1 is 1.11 bits per heavy atom. The van der Waals surface area contributed by atoms with Crippen LogP contribution in [0.15, 0.2) is 41.4 Å². The van der Waals surface area contributed by atoms with Gasteiger partial charge in [0.05, 0.1) is 28.4 Å². The van der Waals surface area contributed by atoms with Gasteiger partial charge in [-0.05, 0) is 37.1 Å². The van der Waals surface area contributed by atoms with Crippen molar-refractivity contribution in [1.29, 1.82) is 0 Å². The van der Waals surface area contributed by atoms with E-state index in [1.807, 2.05) is 0 Å². The van der Waals surface area contributed by atoms with E-state index in [0.29, 0.717) is 12.8 Å². The third-order valence-corrected chi connectivity index (χ3v) is 5.12. The van der Waals surface area contributed by atoms with Crippen molar-refractivity contribution in [2.45, 2.75) is 37.5 Å². The summed E-state index contributed by atoms with van der Waals surface area (Å²) < 4.78 is 39.7. The number of fused-ring (bicyclic) bond motifs is 1. The number of para-hydroxylation sites is 1. The number of nitrogens with zero attached hydrogens (tertiary/aromatic N) is 3. The van der Waals surface area contributed by atoms with Gasteiger partial charge >= 0.3 is 6.18 Å². The zero-order valence-electron chi connectivity index (χ0n) is 14.4. The highest BCUT2D eigenvalue weighted by Gasteiger charge is 2.38. The number of pyridine rings is 1. The van der Waals surface area contributed by atoms with Crippen LogP contribution >= 0.6 is 11.6 Å². The van der Waals surface area contributed by atoms with Crippen molar-refractivity contribution in [1.82, 2.24) is 10.3 Å². The fourth-order valence-electron chi connectivity index (χ4n) is 3.15. The van der Waals surface area contributed by atoms with E-state index in [-0.39, 0.29) is 34.0 Å². The molecule has 3 atom stereocenters. The second kappa shape index (κ2) is 6.91. The lowest BCUT2D eigenvalue weighted by molar-refractivity contribution is -0.141. The van der Waals surface area contributed by atoms with Crippen LogP contribution < -0.4 is 10.2 Å². The second-order valence-corrected chi connectivity index (χ2v) is 7.01. The first kappa shape index (κ1) is 19.0. The van der Waals surface area contributed by atoms with Crippen LogP contribution in [0.5, 0.6) is 0 Å². The highest BCUT2D eigenvalue weighted by atomic mass is 35.5. The molecular weight excluding hydrogens is 397 g/mol. The first-order valence-electron chi connectivity index (χ1n) is 8.58. The van der Waals surface area contributed by atoms with Crippen LogP contribution in [0.25, 0.3) is 0 Å². The zero-order chi connectivity index (χ0) is 20.1. The largest absolute Gasteiger partial charge is 0.433 e. The van der Waals surface area contributed by atoms with Crippen LogP contribution in [0, 0.1) is 0 Å². The van der Waals surface area contributed by atoms with Crippen LogP contribution in [0.1, 0.15) is 24.1 Å². The predicted molar refractivity (Wildman–Crippen MR) is 97.5 cm³/mol. The van der Waals surface area contributed by atoms with Crippen LogP contribution in [0.2, 0.25) is 5.02 Å². The molecule has 0 saturated heterocycles. The maximum atomic E-state index is 13.2. The van der Waals surface area contributed by atoms with Gasteiger partial charge in [-0.25, -0.2) is 9.98 Å². The Bertz CT molecular complexity index is 937. The molecule has 148 valence electrons. The third kappa shape index (κ3) is 3.30. The molecule has 0 spiro atoms. The third-order valence-electron chi connectivity index (χ3n) is 4.80. The van der Waals surface area contributed by atoms with Crippen molar-refractivity contribution in [2.24, 2.45) is 4.99 Å². The number of halogens is 4. The Morgan fingerprint density at radius 3 is 2.46 bits per heavy atom. The average Bonchev–Trinajstić information content (AvgIpc) is 2.64. The molecular formula is C18H16ClF3N4O2. The van der Waals surface area contributed by atoms with Gasteiger partial charge in [0.1, 0.15) is 17.3 Å².